The smallest absolute Gasteiger partial charge is 0.168 e. The van der Waals surface area contributed by atoms with Gasteiger partial charge in [-0.25, -0.2) is 0 Å². The fraction of sp³-hybridized carbons (Fsp3) is 0.500. The Kier molecular flexibility index (Phi) is 10.9. The van der Waals surface area contributed by atoms with Crippen LogP contribution in [-0.4, -0.2) is 19.0 Å². The molecular weight excluding hydrogens is 344 g/mol. The number of hydrogen-bond donors (Lipinski definition) is 0. The molecule has 2 aromatic rings. The summed E-state index contributed by atoms with van der Waals surface area (Å²) in [6, 6.07) is 21.3. The van der Waals surface area contributed by atoms with Gasteiger partial charge in [-0.15, -0.1) is 0 Å². The van der Waals surface area contributed by atoms with E-state index in [-0.39, 0.29) is 0 Å². The molecule has 2 nitrogen and oxygen atoms in total. The van der Waals surface area contributed by atoms with Crippen molar-refractivity contribution in [1.29, 1.82) is 0 Å². The van der Waals surface area contributed by atoms with Crippen LogP contribution in [0.2, 0.25) is 0 Å². The highest BCUT2D eigenvalue weighted by molar-refractivity contribution is 5.15. The number of hydrogen-bond acceptors (Lipinski definition) is 2. The van der Waals surface area contributed by atoms with Gasteiger partial charge in [0.05, 0.1) is 13.2 Å². The first-order valence-electron chi connectivity index (χ1n) is 10.9. The summed E-state index contributed by atoms with van der Waals surface area (Å²) in [5.74, 6) is -0.457. The fourth-order valence-electron chi connectivity index (χ4n) is 3.50. The van der Waals surface area contributed by atoms with Gasteiger partial charge in [-0.3, -0.25) is 0 Å². The van der Waals surface area contributed by atoms with E-state index in [2.05, 4.69) is 74.5 Å². The predicted octanol–water partition coefficient (Wildman–Crippen LogP) is 6.79. The molecule has 0 saturated carbocycles. The third-order valence-corrected chi connectivity index (χ3v) is 5.23. The highest BCUT2D eigenvalue weighted by atomic mass is 16.7. The van der Waals surface area contributed by atoms with Crippen LogP contribution in [0.1, 0.15) is 63.0 Å². The van der Waals surface area contributed by atoms with E-state index in [1.54, 1.807) is 0 Å². The number of unbranched alkanes of at least 4 members (excludes halogenated alkanes) is 2. The van der Waals surface area contributed by atoms with Gasteiger partial charge in [0.2, 0.25) is 0 Å². The SMILES string of the molecule is [CH2]CCC(CC)(OCCCCc1ccccc1)OCCCCc1ccccc1. The van der Waals surface area contributed by atoms with Crippen molar-refractivity contribution < 1.29 is 9.47 Å². The van der Waals surface area contributed by atoms with Crippen LogP contribution in [0.5, 0.6) is 0 Å². The minimum atomic E-state index is -0.457. The molecule has 153 valence electrons. The monoisotopic (exact) mass is 381 g/mol. The zero-order valence-corrected chi connectivity index (χ0v) is 17.6. The van der Waals surface area contributed by atoms with Crippen LogP contribution in [0, 0.1) is 6.92 Å². The average Bonchev–Trinajstić information content (AvgIpc) is 2.74. The van der Waals surface area contributed by atoms with E-state index in [0.29, 0.717) is 0 Å². The van der Waals surface area contributed by atoms with Gasteiger partial charge in [0.1, 0.15) is 0 Å². The third-order valence-electron chi connectivity index (χ3n) is 5.23. The molecule has 0 aliphatic heterocycles. The summed E-state index contributed by atoms with van der Waals surface area (Å²) in [6.07, 6.45) is 9.20. The van der Waals surface area contributed by atoms with Gasteiger partial charge < -0.3 is 9.47 Å². The summed E-state index contributed by atoms with van der Waals surface area (Å²) in [5, 5.41) is 0. The summed E-state index contributed by atoms with van der Waals surface area (Å²) < 4.78 is 12.5. The van der Waals surface area contributed by atoms with Crippen LogP contribution in [0.3, 0.4) is 0 Å². The summed E-state index contributed by atoms with van der Waals surface area (Å²) in [4.78, 5) is 0. The predicted molar refractivity (Wildman–Crippen MR) is 118 cm³/mol. The summed E-state index contributed by atoms with van der Waals surface area (Å²) in [6.45, 7) is 7.69. The van der Waals surface area contributed by atoms with Gasteiger partial charge in [0.25, 0.3) is 0 Å². The Morgan fingerprint density at radius 1 is 0.714 bits per heavy atom. The largest absolute Gasteiger partial charge is 0.350 e. The molecule has 0 heterocycles. The van der Waals surface area contributed by atoms with Gasteiger partial charge in [-0.2, -0.15) is 0 Å². The summed E-state index contributed by atoms with van der Waals surface area (Å²) in [7, 11) is 0. The Morgan fingerprint density at radius 3 is 1.57 bits per heavy atom. The van der Waals surface area contributed by atoms with Crippen molar-refractivity contribution in [2.24, 2.45) is 0 Å². The van der Waals surface area contributed by atoms with E-state index < -0.39 is 5.79 Å². The van der Waals surface area contributed by atoms with E-state index in [0.717, 1.165) is 71.0 Å². The van der Waals surface area contributed by atoms with Crippen molar-refractivity contribution in [1.82, 2.24) is 0 Å². The molecule has 2 aromatic carbocycles. The molecule has 0 unspecified atom stereocenters. The van der Waals surface area contributed by atoms with Crippen LogP contribution in [0.25, 0.3) is 0 Å². The zero-order valence-electron chi connectivity index (χ0n) is 17.6. The van der Waals surface area contributed by atoms with E-state index in [9.17, 15) is 0 Å². The topological polar surface area (TPSA) is 18.5 Å². The first kappa shape index (κ1) is 22.6. The van der Waals surface area contributed by atoms with Crippen molar-refractivity contribution in [2.45, 2.75) is 70.5 Å². The second kappa shape index (κ2) is 13.5. The first-order valence-corrected chi connectivity index (χ1v) is 10.9. The second-order valence-electron chi connectivity index (χ2n) is 7.45. The second-order valence-corrected chi connectivity index (χ2v) is 7.45. The third kappa shape index (κ3) is 8.58. The lowest BCUT2D eigenvalue weighted by molar-refractivity contribution is -0.243. The van der Waals surface area contributed by atoms with Crippen LogP contribution in [0.4, 0.5) is 0 Å². The first-order chi connectivity index (χ1) is 13.8. The van der Waals surface area contributed by atoms with Gasteiger partial charge in [0.15, 0.2) is 5.79 Å². The molecule has 1 radical (unpaired) electrons. The Labute approximate surface area is 172 Å². The maximum atomic E-state index is 6.26. The van der Waals surface area contributed by atoms with Crippen LogP contribution >= 0.6 is 0 Å². The Bertz CT molecular complexity index is 559. The molecule has 0 aromatic heterocycles. The van der Waals surface area contributed by atoms with Crippen molar-refractivity contribution in [3.05, 3.63) is 78.7 Å². The van der Waals surface area contributed by atoms with E-state index in [4.69, 9.17) is 9.47 Å². The minimum Gasteiger partial charge on any atom is -0.350 e. The molecule has 2 heteroatoms. The van der Waals surface area contributed by atoms with Crippen molar-refractivity contribution in [3.63, 3.8) is 0 Å². The lowest BCUT2D eigenvalue weighted by Crippen LogP contribution is -2.36. The number of aryl methyl sites for hydroxylation is 2. The van der Waals surface area contributed by atoms with Gasteiger partial charge in [0, 0.05) is 6.42 Å². The summed E-state index contributed by atoms with van der Waals surface area (Å²) in [5.41, 5.74) is 2.80. The minimum absolute atomic E-state index is 0.457. The molecule has 0 bridgehead atoms. The fourth-order valence-corrected chi connectivity index (χ4v) is 3.50. The Balaban J connectivity index is 1.66. The Morgan fingerprint density at radius 2 is 1.18 bits per heavy atom. The number of ether oxygens (including phenoxy) is 2. The molecule has 0 atom stereocenters. The van der Waals surface area contributed by atoms with Gasteiger partial charge in [-0.05, 0) is 62.5 Å². The maximum Gasteiger partial charge on any atom is 0.168 e. The van der Waals surface area contributed by atoms with Crippen molar-refractivity contribution in [2.75, 3.05) is 13.2 Å². The average molecular weight is 382 g/mol. The number of benzene rings is 2. The highest BCUT2D eigenvalue weighted by Crippen LogP contribution is 2.25. The highest BCUT2D eigenvalue weighted by Gasteiger charge is 2.28. The molecule has 28 heavy (non-hydrogen) atoms. The molecule has 0 aliphatic rings. The van der Waals surface area contributed by atoms with Crippen LogP contribution < -0.4 is 0 Å². The van der Waals surface area contributed by atoms with Crippen molar-refractivity contribution >= 4 is 0 Å². The molecule has 0 saturated heterocycles. The van der Waals surface area contributed by atoms with Gasteiger partial charge in [-0.1, -0.05) is 74.5 Å². The van der Waals surface area contributed by atoms with Crippen LogP contribution in [-0.2, 0) is 22.3 Å². The molecule has 0 amide bonds. The summed E-state index contributed by atoms with van der Waals surface area (Å²) >= 11 is 0. The maximum absolute atomic E-state index is 6.26. The van der Waals surface area contributed by atoms with Gasteiger partial charge >= 0.3 is 0 Å². The van der Waals surface area contributed by atoms with E-state index >= 15 is 0 Å². The molecule has 2 rings (SSSR count). The molecule has 0 fully saturated rings. The Hall–Kier alpha value is -1.64. The van der Waals surface area contributed by atoms with E-state index in [1.807, 2.05) is 0 Å². The molecule has 0 N–H and O–H groups in total. The lowest BCUT2D eigenvalue weighted by atomic mass is 10.1. The van der Waals surface area contributed by atoms with Crippen molar-refractivity contribution in [3.8, 4) is 0 Å². The quantitative estimate of drug-likeness (QED) is 0.250. The zero-order chi connectivity index (χ0) is 19.9. The number of rotatable bonds is 15. The molecule has 0 aliphatic carbocycles. The molecular formula is C26H37O2. The standard InChI is InChI=1S/C26H37O2/c1-3-21-26(4-2,27-22-13-11-19-24-15-7-5-8-16-24)28-23-14-12-20-25-17-9-6-10-18-25/h5-10,15-18H,1,3-4,11-14,19-23H2,2H3. The van der Waals surface area contributed by atoms with Crippen LogP contribution in [0.15, 0.2) is 60.7 Å². The normalized spacial score (nSPS) is 11.6. The molecule has 0 spiro atoms. The lowest BCUT2D eigenvalue weighted by Gasteiger charge is -2.33. The van der Waals surface area contributed by atoms with E-state index in [1.165, 1.54) is 11.1 Å².